The Morgan fingerprint density at radius 3 is 2.50 bits per heavy atom. The van der Waals surface area contributed by atoms with Gasteiger partial charge in [-0.3, -0.25) is 15.0 Å². The highest BCUT2D eigenvalue weighted by molar-refractivity contribution is 6.16. The first kappa shape index (κ1) is 33.4. The highest BCUT2D eigenvalue weighted by Crippen LogP contribution is 2.32. The van der Waals surface area contributed by atoms with Crippen molar-refractivity contribution in [2.45, 2.75) is 37.9 Å². The molecule has 1 saturated carbocycles. The van der Waals surface area contributed by atoms with Gasteiger partial charge in [-0.25, -0.2) is 9.97 Å². The fourth-order valence-electron chi connectivity index (χ4n) is 4.85. The molecule has 240 valence electrons. The first-order chi connectivity index (χ1) is 22.0. The van der Waals surface area contributed by atoms with Gasteiger partial charge in [-0.1, -0.05) is 24.3 Å². The maximum absolute atomic E-state index is 12.9. The standard InChI is InChI=1S/C24H28N8O.C8H6F3NO/c1-28-18-8-6-16(7-9-18)21(26)20-22(27)29-14-30-23(20)31-19-3-2-10-32(13-19)24(33)17(12-25)11-15-4-5-15;9-8(10,11)6-2-1-3-7(4-6)12-5-13/h6-9,11,14-15,19,26,28H,2-5,10,13H2,1H3,(H3,27,29,30,31);1-5H,(H,12,13)/b17-11+,26-21?;. The van der Waals surface area contributed by atoms with Crippen LogP contribution in [0.4, 0.5) is 36.2 Å². The number of alkyl halides is 3. The number of carbonyl (C=O) groups is 2. The molecule has 2 aliphatic rings. The fourth-order valence-corrected chi connectivity index (χ4v) is 4.85. The van der Waals surface area contributed by atoms with Crippen molar-refractivity contribution >= 4 is 41.0 Å². The van der Waals surface area contributed by atoms with Crippen molar-refractivity contribution < 1.29 is 22.8 Å². The van der Waals surface area contributed by atoms with Crippen LogP contribution in [0.3, 0.4) is 0 Å². The van der Waals surface area contributed by atoms with Crippen LogP contribution in [0.1, 0.15) is 42.4 Å². The lowest BCUT2D eigenvalue weighted by molar-refractivity contribution is -0.137. The second-order valence-corrected chi connectivity index (χ2v) is 10.8. The quantitative estimate of drug-likeness (QED) is 0.0942. The van der Waals surface area contributed by atoms with Crippen LogP contribution >= 0.6 is 0 Å². The molecule has 0 bridgehead atoms. The number of hydrogen-bond donors (Lipinski definition) is 5. The van der Waals surface area contributed by atoms with Gasteiger partial charge in [0, 0.05) is 43.1 Å². The number of hydrogen-bond acceptors (Lipinski definition) is 9. The summed E-state index contributed by atoms with van der Waals surface area (Å²) in [6.45, 7) is 1.07. The number of aromatic nitrogens is 2. The summed E-state index contributed by atoms with van der Waals surface area (Å²) in [5.74, 6) is 0.842. The maximum Gasteiger partial charge on any atom is 0.416 e. The molecule has 1 atom stereocenters. The maximum atomic E-state index is 12.9. The number of likely N-dealkylation sites (tertiary alicyclic amines) is 1. The minimum absolute atomic E-state index is 0.0731. The smallest absolute Gasteiger partial charge is 0.388 e. The van der Waals surface area contributed by atoms with Gasteiger partial charge in [-0.2, -0.15) is 18.4 Å². The lowest BCUT2D eigenvalue weighted by Crippen LogP contribution is -2.45. The van der Waals surface area contributed by atoms with Gasteiger partial charge in [0.25, 0.3) is 5.91 Å². The van der Waals surface area contributed by atoms with Crippen LogP contribution in [0, 0.1) is 22.7 Å². The van der Waals surface area contributed by atoms with Crippen LogP contribution in [-0.4, -0.2) is 59.1 Å². The average molecular weight is 634 g/mol. The van der Waals surface area contributed by atoms with Crippen molar-refractivity contribution in [1.82, 2.24) is 14.9 Å². The summed E-state index contributed by atoms with van der Waals surface area (Å²) in [5, 5.41) is 26.7. The number of nitrogen functional groups attached to an aromatic ring is 1. The van der Waals surface area contributed by atoms with E-state index in [1.807, 2.05) is 37.4 Å². The summed E-state index contributed by atoms with van der Waals surface area (Å²) >= 11 is 0. The molecular formula is C32H34F3N9O2. The van der Waals surface area contributed by atoms with E-state index in [9.17, 15) is 28.0 Å². The lowest BCUT2D eigenvalue weighted by atomic mass is 10.0. The third kappa shape index (κ3) is 8.81. The molecule has 0 radical (unpaired) electrons. The number of nitrogens with one attached hydrogen (secondary N) is 4. The van der Waals surface area contributed by atoms with E-state index < -0.39 is 11.7 Å². The molecule has 11 nitrogen and oxygen atoms in total. The molecule has 1 saturated heterocycles. The molecule has 3 aromatic rings. The Hall–Kier alpha value is -5.45. The van der Waals surface area contributed by atoms with Crippen LogP contribution in [0.25, 0.3) is 0 Å². The Morgan fingerprint density at radius 2 is 1.87 bits per heavy atom. The summed E-state index contributed by atoms with van der Waals surface area (Å²) < 4.78 is 36.3. The number of piperidine rings is 1. The Morgan fingerprint density at radius 1 is 1.13 bits per heavy atom. The SMILES string of the molecule is CNc1ccc(C(=N)c2c(N)ncnc2NC2CCCN(C(=O)/C(C#N)=C/C3CC3)C2)cc1.O=CNc1cccc(C(F)(F)F)c1. The van der Waals surface area contributed by atoms with Crippen molar-refractivity contribution in [3.05, 3.63) is 83.2 Å². The molecule has 1 aliphatic heterocycles. The van der Waals surface area contributed by atoms with Crippen LogP contribution < -0.4 is 21.7 Å². The molecule has 0 spiro atoms. The van der Waals surface area contributed by atoms with Crippen molar-refractivity contribution in [2.24, 2.45) is 5.92 Å². The third-order valence-electron chi connectivity index (χ3n) is 7.43. The zero-order valence-electron chi connectivity index (χ0n) is 25.1. The molecule has 46 heavy (non-hydrogen) atoms. The van der Waals surface area contributed by atoms with E-state index in [0.717, 1.165) is 43.5 Å². The second kappa shape index (κ2) is 15.0. The highest BCUT2D eigenvalue weighted by atomic mass is 19.4. The normalized spacial score (nSPS) is 16.3. The number of benzene rings is 2. The van der Waals surface area contributed by atoms with Gasteiger partial charge in [0.2, 0.25) is 6.41 Å². The molecule has 1 unspecified atom stereocenters. The number of allylic oxidation sites excluding steroid dienone is 1. The van der Waals surface area contributed by atoms with Gasteiger partial charge in [0.1, 0.15) is 29.6 Å². The van der Waals surface area contributed by atoms with Gasteiger partial charge in [0.05, 0.1) is 16.8 Å². The molecule has 2 aromatic carbocycles. The number of nitrogens with two attached hydrogens (primary N) is 1. The lowest BCUT2D eigenvalue weighted by Gasteiger charge is -2.33. The van der Waals surface area contributed by atoms with Gasteiger partial charge in [-0.15, -0.1) is 0 Å². The van der Waals surface area contributed by atoms with Crippen LogP contribution in [0.2, 0.25) is 0 Å². The summed E-state index contributed by atoms with van der Waals surface area (Å²) in [7, 11) is 1.84. The Balaban J connectivity index is 0.000000310. The molecule has 2 fully saturated rings. The first-order valence-corrected chi connectivity index (χ1v) is 14.6. The predicted molar refractivity (Wildman–Crippen MR) is 169 cm³/mol. The van der Waals surface area contributed by atoms with Crippen molar-refractivity contribution in [3.63, 3.8) is 0 Å². The van der Waals surface area contributed by atoms with E-state index in [4.69, 9.17) is 11.1 Å². The zero-order chi connectivity index (χ0) is 33.3. The Bertz CT molecular complexity index is 1630. The van der Waals surface area contributed by atoms with E-state index in [2.05, 4.69) is 32.0 Å². The molecule has 6 N–H and O–H groups in total. The number of amides is 2. The fraction of sp³-hybridized carbons (Fsp3) is 0.312. The topological polar surface area (TPSA) is 173 Å². The number of carbonyl (C=O) groups excluding carboxylic acids is 2. The summed E-state index contributed by atoms with van der Waals surface area (Å²) in [5.41, 5.74) is 8.04. The largest absolute Gasteiger partial charge is 0.416 e. The molecule has 1 aromatic heterocycles. The van der Waals surface area contributed by atoms with E-state index in [0.29, 0.717) is 42.4 Å². The van der Waals surface area contributed by atoms with Crippen LogP contribution in [0.5, 0.6) is 0 Å². The van der Waals surface area contributed by atoms with Gasteiger partial charge in [0.15, 0.2) is 0 Å². The van der Waals surface area contributed by atoms with Gasteiger partial charge in [-0.05, 0) is 61.9 Å². The Labute approximate surface area is 264 Å². The van der Waals surface area contributed by atoms with E-state index in [1.54, 1.807) is 4.90 Å². The average Bonchev–Trinajstić information content (AvgIpc) is 3.88. The van der Waals surface area contributed by atoms with Crippen molar-refractivity contribution in [1.29, 1.82) is 10.7 Å². The van der Waals surface area contributed by atoms with Gasteiger partial charge < -0.3 is 26.6 Å². The summed E-state index contributed by atoms with van der Waals surface area (Å²) in [6, 6.07) is 13.9. The van der Waals surface area contributed by atoms with E-state index in [1.165, 1.54) is 18.5 Å². The first-order valence-electron chi connectivity index (χ1n) is 14.6. The van der Waals surface area contributed by atoms with Crippen molar-refractivity contribution in [2.75, 3.05) is 41.8 Å². The molecule has 14 heteroatoms. The highest BCUT2D eigenvalue weighted by Gasteiger charge is 2.31. The molecule has 1 aliphatic carbocycles. The van der Waals surface area contributed by atoms with E-state index in [-0.39, 0.29) is 34.7 Å². The van der Waals surface area contributed by atoms with Crippen LogP contribution in [0.15, 0.2) is 66.5 Å². The Kier molecular flexibility index (Phi) is 10.9. The minimum Gasteiger partial charge on any atom is -0.388 e. The predicted octanol–water partition coefficient (Wildman–Crippen LogP) is 5.05. The number of rotatable bonds is 9. The number of anilines is 4. The van der Waals surface area contributed by atoms with E-state index >= 15 is 0 Å². The van der Waals surface area contributed by atoms with Crippen molar-refractivity contribution in [3.8, 4) is 6.07 Å². The number of nitrogens with zero attached hydrogens (tertiary/aromatic N) is 4. The monoisotopic (exact) mass is 633 g/mol. The molecular weight excluding hydrogens is 599 g/mol. The second-order valence-electron chi connectivity index (χ2n) is 10.8. The molecule has 5 rings (SSSR count). The number of halogens is 3. The minimum atomic E-state index is -4.37. The molecule has 2 heterocycles. The number of nitriles is 1. The molecule has 2 amide bonds. The van der Waals surface area contributed by atoms with Crippen LogP contribution in [-0.2, 0) is 15.8 Å². The summed E-state index contributed by atoms with van der Waals surface area (Å²) in [6.07, 6.45) is 2.88. The van der Waals surface area contributed by atoms with Gasteiger partial charge >= 0.3 is 6.18 Å². The third-order valence-corrected chi connectivity index (χ3v) is 7.43. The summed E-state index contributed by atoms with van der Waals surface area (Å²) in [4.78, 5) is 33.0. The zero-order valence-corrected chi connectivity index (χ0v) is 25.1.